The van der Waals surface area contributed by atoms with E-state index in [2.05, 4.69) is 68.6 Å². The average Bonchev–Trinajstić information content (AvgIpc) is 1.98. The molecule has 21 nitrogen and oxygen atoms in total. The topological polar surface area (TPSA) is 165 Å². The molecule has 14 aliphatic carbocycles. The SMILES string of the molecule is O=C1N2CN3C(=O)N(CN4C(=O)N(CN5C(=O)N(CN6C(=O)N(CN7C(=O)N(CN8C(=O)N(CN1C1C9CCC(C9)C12)C1C2CCC(C2)C18)C1C2CCC(C2)C17)C1C2CCC(C2)C16)C1C2CCC(C2)C15)C1C2CCC(C2)C14)C1C2CCC(C2)C13. The van der Waals surface area contributed by atoms with Crippen molar-refractivity contribution in [3.63, 3.8) is 0 Å². The fourth-order valence-electron chi connectivity index (χ4n) is 28.0. The van der Waals surface area contributed by atoms with Crippen molar-refractivity contribution < 1.29 is 33.6 Å². The summed E-state index contributed by atoms with van der Waals surface area (Å²) in [4.78, 5) is 140. The van der Waals surface area contributed by atoms with Gasteiger partial charge < -0.3 is 68.6 Å². The first-order valence-electron chi connectivity index (χ1n) is 34.5. The lowest BCUT2D eigenvalue weighted by Crippen LogP contribution is -2.52. The van der Waals surface area contributed by atoms with Gasteiger partial charge in [-0.25, -0.2) is 33.6 Å². The smallest absolute Gasteiger partial charge is 0.301 e. The van der Waals surface area contributed by atoms with Gasteiger partial charge in [-0.05, 0) is 218 Å². The van der Waals surface area contributed by atoms with Crippen LogP contribution in [0, 0.1) is 82.9 Å². The minimum atomic E-state index is -0.0439. The standard InChI is InChI=1S/C63H84N14O7/c78-57-64-22-66-45-31-3-4-32(16-31)46(45)68(58(66)79)24-70-49-35-7-8-36(18-35)50(49)72(60(70)81)26-74-53-39-11-12-40(20-39)54(53)76(62(74)83)28-77-56-42-14-13-41(21-42)55(56)75(63(77)84)27-73-52-38-10-9-37(19-38)51(52)71(61(73)82)25-69-48-34-6-5-33(17-34)47(48)67(59(69)80)23-65(57)44-30-2-1-29(15-30)43(44)64/h29-56H,1-28H2. The molecule has 22 aliphatic rings. The van der Waals surface area contributed by atoms with Crippen LogP contribution >= 0.6 is 0 Å². The molecule has 22 fully saturated rings. The van der Waals surface area contributed by atoms with Crippen molar-refractivity contribution in [3.8, 4) is 0 Å². The summed E-state index contributed by atoms with van der Waals surface area (Å²) in [7, 11) is 0. The zero-order valence-electron chi connectivity index (χ0n) is 48.6. The summed E-state index contributed by atoms with van der Waals surface area (Å²) in [6.07, 6.45) is 22.5. The number of hydrogen-bond donors (Lipinski definition) is 0. The molecule has 84 heavy (non-hydrogen) atoms. The molecule has 8 aliphatic heterocycles. The summed E-state index contributed by atoms with van der Waals surface area (Å²) < 4.78 is 0. The van der Waals surface area contributed by atoms with Crippen molar-refractivity contribution in [2.45, 2.75) is 219 Å². The summed E-state index contributed by atoms with van der Waals surface area (Å²) in [5, 5.41) is 0. The van der Waals surface area contributed by atoms with Crippen molar-refractivity contribution in [1.82, 2.24) is 68.6 Å². The van der Waals surface area contributed by atoms with Crippen LogP contribution in [-0.2, 0) is 0 Å². The second-order valence-electron chi connectivity index (χ2n) is 32.7. The molecular weight excluding hydrogens is 1060 g/mol. The van der Waals surface area contributed by atoms with Crippen LogP contribution in [0.25, 0.3) is 0 Å². The molecule has 28 unspecified atom stereocenters. The van der Waals surface area contributed by atoms with E-state index < -0.39 is 0 Å². The monoisotopic (exact) mass is 1150 g/mol. The first kappa shape index (κ1) is 48.0. The van der Waals surface area contributed by atoms with Crippen LogP contribution in [0.5, 0.6) is 0 Å². The first-order valence-corrected chi connectivity index (χ1v) is 34.5. The van der Waals surface area contributed by atoms with E-state index in [4.69, 9.17) is 0 Å². The molecule has 0 aromatic heterocycles. The third-order valence-corrected chi connectivity index (χ3v) is 30.4. The van der Waals surface area contributed by atoms with Gasteiger partial charge in [-0.2, -0.15) is 0 Å². The quantitative estimate of drug-likeness (QED) is 0.286. The lowest BCUT2D eigenvalue weighted by atomic mass is 9.89. The van der Waals surface area contributed by atoms with Gasteiger partial charge in [0.05, 0.1) is 131 Å². The van der Waals surface area contributed by atoms with Crippen molar-refractivity contribution in [3.05, 3.63) is 0 Å². The van der Waals surface area contributed by atoms with E-state index in [0.29, 0.717) is 82.9 Å². The maximum atomic E-state index is 15.8. The lowest BCUT2D eigenvalue weighted by Gasteiger charge is -2.36. The molecule has 0 aromatic carbocycles. The number of nitrogens with zero attached hydrogens (tertiary/aromatic N) is 14. The molecule has 0 radical (unpaired) electrons. The predicted octanol–water partition coefficient (Wildman–Crippen LogP) is 6.04. The number of hydrogen-bond acceptors (Lipinski definition) is 7. The molecule has 28 bridgehead atoms. The molecule has 28 atom stereocenters. The van der Waals surface area contributed by atoms with Crippen LogP contribution in [0.3, 0.4) is 0 Å². The Labute approximate surface area is 491 Å². The Morgan fingerprint density at radius 3 is 0.321 bits per heavy atom. The van der Waals surface area contributed by atoms with Crippen molar-refractivity contribution >= 4 is 42.2 Å². The predicted molar refractivity (Wildman–Crippen MR) is 296 cm³/mol. The number of fused-ring (bicyclic) bond motifs is 63. The second-order valence-corrected chi connectivity index (χ2v) is 32.7. The van der Waals surface area contributed by atoms with Crippen LogP contribution in [-0.4, -0.2) is 242 Å². The fourth-order valence-corrected chi connectivity index (χ4v) is 28.0. The summed E-state index contributed by atoms with van der Waals surface area (Å²) in [5.41, 5.74) is 0. The highest BCUT2D eigenvalue weighted by Gasteiger charge is 2.71. The Balaban J connectivity index is 0.658. The third kappa shape index (κ3) is 5.57. The fraction of sp³-hybridized carbons (Fsp3) is 0.889. The molecule has 8 heterocycles. The zero-order valence-corrected chi connectivity index (χ0v) is 48.6. The van der Waals surface area contributed by atoms with Crippen molar-refractivity contribution in [2.75, 3.05) is 46.7 Å². The normalized spacial score (nSPS) is 53.2. The van der Waals surface area contributed by atoms with Crippen molar-refractivity contribution in [2.24, 2.45) is 82.9 Å². The largest absolute Gasteiger partial charge is 0.323 e. The first-order chi connectivity index (χ1) is 41.0. The molecule has 8 saturated heterocycles. The Bertz CT molecular complexity index is 2330. The van der Waals surface area contributed by atoms with Crippen LogP contribution in [0.4, 0.5) is 33.6 Å². The van der Waals surface area contributed by atoms with Crippen LogP contribution in [0.1, 0.15) is 135 Å². The number of amides is 14. The maximum Gasteiger partial charge on any atom is 0.323 e. The second kappa shape index (κ2) is 16.0. The Hall–Kier alpha value is -5.11. The third-order valence-electron chi connectivity index (χ3n) is 30.4. The summed E-state index contributed by atoms with van der Waals surface area (Å²) in [5.74, 6) is 4.91. The van der Waals surface area contributed by atoms with E-state index in [1.165, 1.54) is 0 Å². The molecular formula is C63H84N14O7. The molecule has 14 saturated carbocycles. The van der Waals surface area contributed by atoms with Gasteiger partial charge in [0.25, 0.3) is 0 Å². The summed E-state index contributed by atoms with van der Waals surface area (Å²) >= 11 is 0. The van der Waals surface area contributed by atoms with Gasteiger partial charge in [0.2, 0.25) is 0 Å². The van der Waals surface area contributed by atoms with Gasteiger partial charge in [-0.1, -0.05) is 0 Å². The van der Waals surface area contributed by atoms with Gasteiger partial charge in [-0.15, -0.1) is 0 Å². The van der Waals surface area contributed by atoms with E-state index in [1.807, 2.05) is 0 Å². The molecule has 448 valence electrons. The van der Waals surface area contributed by atoms with Gasteiger partial charge in [0.15, 0.2) is 0 Å². The molecule has 21 heteroatoms. The molecule has 14 amide bonds. The minimum absolute atomic E-state index is 0.0228. The summed E-state index contributed by atoms with van der Waals surface area (Å²) in [6.45, 7) is 1.70. The number of urea groups is 7. The average molecular weight is 1150 g/mol. The van der Waals surface area contributed by atoms with Crippen molar-refractivity contribution in [1.29, 1.82) is 0 Å². The Kier molecular flexibility index (Phi) is 9.11. The highest BCUT2D eigenvalue weighted by molar-refractivity contribution is 5.87. The van der Waals surface area contributed by atoms with E-state index in [1.54, 1.807) is 0 Å². The molecule has 0 spiro atoms. The van der Waals surface area contributed by atoms with Crippen LogP contribution < -0.4 is 0 Å². The molecule has 22 rings (SSSR count). The number of rotatable bonds is 0. The Morgan fingerprint density at radius 1 is 0.155 bits per heavy atom. The van der Waals surface area contributed by atoms with Gasteiger partial charge in [0, 0.05) is 0 Å². The maximum absolute atomic E-state index is 15.8. The van der Waals surface area contributed by atoms with E-state index in [-0.39, 0.29) is 173 Å². The van der Waals surface area contributed by atoms with Crippen LogP contribution in [0.2, 0.25) is 0 Å². The van der Waals surface area contributed by atoms with Gasteiger partial charge >= 0.3 is 42.2 Å². The molecule has 0 aromatic rings. The van der Waals surface area contributed by atoms with Gasteiger partial charge in [-0.3, -0.25) is 0 Å². The Morgan fingerprint density at radius 2 is 0.238 bits per heavy atom. The summed E-state index contributed by atoms with van der Waals surface area (Å²) in [6, 6.07) is -0.626. The highest BCUT2D eigenvalue weighted by Crippen LogP contribution is 2.61. The zero-order chi connectivity index (χ0) is 55.1. The van der Waals surface area contributed by atoms with Crippen LogP contribution in [0.15, 0.2) is 0 Å². The highest BCUT2D eigenvalue weighted by atomic mass is 16.2. The van der Waals surface area contributed by atoms with E-state index >= 15 is 33.6 Å². The number of carbonyl (C=O) groups excluding carboxylic acids is 7. The van der Waals surface area contributed by atoms with Gasteiger partial charge in [0.1, 0.15) is 0 Å². The molecule has 0 N–H and O–H groups in total. The van der Waals surface area contributed by atoms with E-state index in [0.717, 1.165) is 135 Å². The van der Waals surface area contributed by atoms with E-state index in [9.17, 15) is 0 Å². The number of carbonyl (C=O) groups is 7. The lowest BCUT2D eigenvalue weighted by molar-refractivity contribution is 0.100. The minimum Gasteiger partial charge on any atom is -0.301 e.